The summed E-state index contributed by atoms with van der Waals surface area (Å²) in [6.45, 7) is 3.76. The highest BCUT2D eigenvalue weighted by Crippen LogP contribution is 2.12. The summed E-state index contributed by atoms with van der Waals surface area (Å²) in [5.74, 6) is 0.666. The lowest BCUT2D eigenvalue weighted by molar-refractivity contribution is -0.385. The molecule has 1 aromatic rings. The van der Waals surface area contributed by atoms with Crippen LogP contribution in [0.15, 0.2) is 18.3 Å². The van der Waals surface area contributed by atoms with Crippen molar-refractivity contribution in [2.45, 2.75) is 6.04 Å². The zero-order valence-electron chi connectivity index (χ0n) is 10.3. The number of hydrogen-bond donors (Lipinski definition) is 2. The number of anilines is 1. The Kier molecular flexibility index (Phi) is 4.06. The largest absolute Gasteiger partial charge is 0.368 e. The summed E-state index contributed by atoms with van der Waals surface area (Å²) >= 11 is 0. The number of piperazine rings is 1. The first kappa shape index (κ1) is 12.7. The van der Waals surface area contributed by atoms with Gasteiger partial charge >= 0.3 is 0 Å². The van der Waals surface area contributed by atoms with E-state index in [1.165, 1.54) is 12.3 Å². The smallest absolute Gasteiger partial charge is 0.287 e. The Balaban J connectivity index is 1.87. The first-order chi connectivity index (χ1) is 8.66. The summed E-state index contributed by atoms with van der Waals surface area (Å²) in [6, 6.07) is 3.50. The number of nitrogens with one attached hydrogen (secondary N) is 2. The second-order valence-electron chi connectivity index (χ2n) is 4.38. The van der Waals surface area contributed by atoms with Crippen molar-refractivity contribution in [2.75, 3.05) is 38.5 Å². The van der Waals surface area contributed by atoms with Crippen molar-refractivity contribution >= 4 is 11.5 Å². The van der Waals surface area contributed by atoms with Crippen LogP contribution < -0.4 is 10.6 Å². The van der Waals surface area contributed by atoms with Gasteiger partial charge in [0.2, 0.25) is 0 Å². The lowest BCUT2D eigenvalue weighted by atomic mass is 10.2. The van der Waals surface area contributed by atoms with Crippen molar-refractivity contribution in [1.29, 1.82) is 0 Å². The highest BCUT2D eigenvalue weighted by atomic mass is 16.6. The molecule has 7 heteroatoms. The third-order valence-corrected chi connectivity index (χ3v) is 3.12. The molecule has 1 unspecified atom stereocenters. The maximum absolute atomic E-state index is 10.5. The van der Waals surface area contributed by atoms with Gasteiger partial charge in [-0.1, -0.05) is 0 Å². The maximum atomic E-state index is 10.5. The number of aromatic nitrogens is 1. The van der Waals surface area contributed by atoms with Crippen LogP contribution in [0.5, 0.6) is 0 Å². The standard InChI is InChI=1S/C11H17N5O2/c1-15-5-4-12-6-10(15)8-14-11-3-2-9(7-13-11)16(17)18/h2-3,7,10,12H,4-6,8H2,1H3,(H,13,14). The second kappa shape index (κ2) is 5.74. The van der Waals surface area contributed by atoms with Crippen LogP contribution >= 0.6 is 0 Å². The van der Waals surface area contributed by atoms with E-state index in [1.807, 2.05) is 0 Å². The third kappa shape index (κ3) is 3.14. The van der Waals surface area contributed by atoms with Gasteiger partial charge in [-0.25, -0.2) is 4.98 Å². The van der Waals surface area contributed by atoms with Crippen molar-refractivity contribution in [2.24, 2.45) is 0 Å². The molecule has 0 aliphatic carbocycles. The molecule has 0 spiro atoms. The maximum Gasteiger partial charge on any atom is 0.287 e. The van der Waals surface area contributed by atoms with E-state index in [1.54, 1.807) is 6.07 Å². The van der Waals surface area contributed by atoms with Gasteiger partial charge in [-0.05, 0) is 13.1 Å². The average molecular weight is 251 g/mol. The number of nitro groups is 1. The van der Waals surface area contributed by atoms with Crippen molar-refractivity contribution in [3.63, 3.8) is 0 Å². The molecule has 1 aliphatic rings. The summed E-state index contributed by atoms with van der Waals surface area (Å²) in [4.78, 5) is 16.3. The van der Waals surface area contributed by atoms with Gasteiger partial charge in [-0.15, -0.1) is 0 Å². The van der Waals surface area contributed by atoms with E-state index in [9.17, 15) is 10.1 Å². The molecule has 1 atom stereocenters. The molecular weight excluding hydrogens is 234 g/mol. The van der Waals surface area contributed by atoms with Crippen LogP contribution in [0.25, 0.3) is 0 Å². The molecule has 0 aromatic carbocycles. The third-order valence-electron chi connectivity index (χ3n) is 3.12. The fourth-order valence-electron chi connectivity index (χ4n) is 1.91. The summed E-state index contributed by atoms with van der Waals surface area (Å²) < 4.78 is 0. The quantitative estimate of drug-likeness (QED) is 0.591. The van der Waals surface area contributed by atoms with Gasteiger partial charge in [0.25, 0.3) is 5.69 Å². The van der Waals surface area contributed by atoms with Crippen LogP contribution in [0.2, 0.25) is 0 Å². The molecule has 2 heterocycles. The first-order valence-electron chi connectivity index (χ1n) is 5.92. The summed E-state index contributed by atoms with van der Waals surface area (Å²) in [5.41, 5.74) is 0.0111. The Hall–Kier alpha value is -1.73. The number of pyridine rings is 1. The van der Waals surface area contributed by atoms with Gasteiger partial charge < -0.3 is 10.6 Å². The molecule has 7 nitrogen and oxygen atoms in total. The Morgan fingerprint density at radius 3 is 3.11 bits per heavy atom. The monoisotopic (exact) mass is 251 g/mol. The second-order valence-corrected chi connectivity index (χ2v) is 4.38. The predicted octanol–water partition coefficient (Wildman–Crippen LogP) is 0.305. The number of likely N-dealkylation sites (N-methyl/N-ethyl adjacent to an activating group) is 1. The van der Waals surface area contributed by atoms with E-state index < -0.39 is 4.92 Å². The van der Waals surface area contributed by atoms with Crippen LogP contribution in [0.4, 0.5) is 11.5 Å². The van der Waals surface area contributed by atoms with Crippen molar-refractivity contribution in [1.82, 2.24) is 15.2 Å². The Labute approximate surface area is 105 Å². The van der Waals surface area contributed by atoms with Gasteiger partial charge in [0.15, 0.2) is 0 Å². The number of hydrogen-bond acceptors (Lipinski definition) is 6. The molecule has 0 radical (unpaired) electrons. The van der Waals surface area contributed by atoms with Gasteiger partial charge in [0.1, 0.15) is 12.0 Å². The van der Waals surface area contributed by atoms with E-state index in [4.69, 9.17) is 0 Å². The van der Waals surface area contributed by atoms with Crippen molar-refractivity contribution in [3.8, 4) is 0 Å². The summed E-state index contributed by atoms with van der Waals surface area (Å²) in [6.07, 6.45) is 1.27. The molecule has 1 saturated heterocycles. The molecule has 1 aromatic heterocycles. The van der Waals surface area contributed by atoms with Crippen LogP contribution in [0.1, 0.15) is 0 Å². The molecule has 18 heavy (non-hydrogen) atoms. The predicted molar refractivity (Wildman–Crippen MR) is 68.7 cm³/mol. The van der Waals surface area contributed by atoms with E-state index in [0.29, 0.717) is 11.9 Å². The topological polar surface area (TPSA) is 83.3 Å². The van der Waals surface area contributed by atoms with Crippen LogP contribution in [0, 0.1) is 10.1 Å². The normalized spacial score (nSPS) is 20.6. The Bertz CT molecular complexity index is 408. The minimum atomic E-state index is -0.449. The molecule has 2 N–H and O–H groups in total. The SMILES string of the molecule is CN1CCNCC1CNc1ccc([N+](=O)[O-])cn1. The molecule has 2 rings (SSSR count). The molecular formula is C11H17N5O2. The number of nitrogens with zero attached hydrogens (tertiary/aromatic N) is 3. The highest BCUT2D eigenvalue weighted by molar-refractivity contribution is 5.40. The molecule has 0 bridgehead atoms. The van der Waals surface area contributed by atoms with Gasteiger partial charge in [-0.3, -0.25) is 15.0 Å². The fourth-order valence-corrected chi connectivity index (χ4v) is 1.91. The van der Waals surface area contributed by atoms with Crippen LogP contribution in [-0.4, -0.2) is 54.1 Å². The number of rotatable bonds is 4. The minimum absolute atomic E-state index is 0.0111. The lowest BCUT2D eigenvalue weighted by Crippen LogP contribution is -2.52. The highest BCUT2D eigenvalue weighted by Gasteiger charge is 2.18. The average Bonchev–Trinajstić information content (AvgIpc) is 2.38. The van der Waals surface area contributed by atoms with Crippen LogP contribution in [-0.2, 0) is 0 Å². The molecule has 98 valence electrons. The van der Waals surface area contributed by atoms with E-state index >= 15 is 0 Å². The van der Waals surface area contributed by atoms with Gasteiger partial charge in [-0.2, -0.15) is 0 Å². The molecule has 1 aliphatic heterocycles. The zero-order valence-corrected chi connectivity index (χ0v) is 10.3. The first-order valence-corrected chi connectivity index (χ1v) is 5.92. The van der Waals surface area contributed by atoms with E-state index in [-0.39, 0.29) is 5.69 Å². The minimum Gasteiger partial charge on any atom is -0.368 e. The summed E-state index contributed by atoms with van der Waals surface area (Å²) in [7, 11) is 2.09. The lowest BCUT2D eigenvalue weighted by Gasteiger charge is -2.33. The van der Waals surface area contributed by atoms with E-state index in [0.717, 1.165) is 26.2 Å². The molecule has 0 saturated carbocycles. The zero-order chi connectivity index (χ0) is 13.0. The molecule has 0 amide bonds. The van der Waals surface area contributed by atoms with Crippen molar-refractivity contribution < 1.29 is 4.92 Å². The van der Waals surface area contributed by atoms with Gasteiger partial charge in [0, 0.05) is 38.3 Å². The fraction of sp³-hybridized carbons (Fsp3) is 0.545. The Morgan fingerprint density at radius 2 is 2.50 bits per heavy atom. The van der Waals surface area contributed by atoms with Gasteiger partial charge in [0.05, 0.1) is 4.92 Å². The van der Waals surface area contributed by atoms with Crippen molar-refractivity contribution in [3.05, 3.63) is 28.4 Å². The molecule has 1 fully saturated rings. The van der Waals surface area contributed by atoms with E-state index in [2.05, 4.69) is 27.6 Å². The Morgan fingerprint density at radius 1 is 1.67 bits per heavy atom. The summed E-state index contributed by atoms with van der Waals surface area (Å²) in [5, 5.41) is 17.0. The van der Waals surface area contributed by atoms with Crippen LogP contribution in [0.3, 0.4) is 0 Å².